The van der Waals surface area contributed by atoms with E-state index >= 15 is 0 Å². The highest BCUT2D eigenvalue weighted by Crippen LogP contribution is 2.60. The monoisotopic (exact) mass is 1090 g/mol. The van der Waals surface area contributed by atoms with Crippen LogP contribution in [0.5, 0.6) is 0 Å². The van der Waals surface area contributed by atoms with Gasteiger partial charge >= 0.3 is 33.3 Å². The van der Waals surface area contributed by atoms with Crippen molar-refractivity contribution in [1.29, 1.82) is 0 Å². The fraction of sp³-hybridized carbons (Fsp3) is 0.537. The Balaban J connectivity index is 1.87. The number of aliphatic hydroxyl groups is 2. The van der Waals surface area contributed by atoms with Gasteiger partial charge in [-0.3, -0.25) is 28.0 Å². The number of allylic oxidation sites excluding steroid dienone is 18. The summed E-state index contributed by atoms with van der Waals surface area (Å²) >= 11 is 0. The molecule has 1 aromatic rings. The molecule has 1 saturated heterocycles. The fourth-order valence-corrected chi connectivity index (χ4v) is 8.93. The lowest BCUT2D eigenvalue weighted by Crippen LogP contribution is -2.36. The number of nitrogen functional groups attached to an aromatic ring is 1. The Morgan fingerprint density at radius 3 is 1.85 bits per heavy atom. The molecule has 1 fully saturated rings. The summed E-state index contributed by atoms with van der Waals surface area (Å²) in [5.41, 5.74) is 4.56. The maximum atomic E-state index is 12.9. The minimum Gasteiger partial charge on any atom is -0.462 e. The van der Waals surface area contributed by atoms with Crippen LogP contribution < -0.4 is 11.4 Å². The number of ketones is 1. The van der Waals surface area contributed by atoms with Crippen LogP contribution in [0.25, 0.3) is 0 Å². The van der Waals surface area contributed by atoms with Gasteiger partial charge in [-0.15, -0.1) is 0 Å². The van der Waals surface area contributed by atoms with Crippen LogP contribution in [0.1, 0.15) is 142 Å². The van der Waals surface area contributed by atoms with Crippen LogP contribution in [0.4, 0.5) is 5.82 Å². The number of phosphoric acid groups is 2. The van der Waals surface area contributed by atoms with Crippen molar-refractivity contribution in [3.05, 3.63) is 132 Å². The Morgan fingerprint density at radius 2 is 1.25 bits per heavy atom. The van der Waals surface area contributed by atoms with Gasteiger partial charge in [-0.05, 0) is 95.6 Å². The van der Waals surface area contributed by atoms with Crippen molar-refractivity contribution in [1.82, 2.24) is 9.55 Å². The number of carbonyl (C=O) groups excluding carboxylic acids is 3. The molecule has 2 unspecified atom stereocenters. The van der Waals surface area contributed by atoms with Gasteiger partial charge in [0.15, 0.2) is 18.1 Å². The van der Waals surface area contributed by atoms with E-state index in [2.05, 4.69) is 102 Å². The van der Waals surface area contributed by atoms with E-state index in [1.54, 1.807) is 12.2 Å². The molecule has 1 aliphatic rings. The number of nitrogens with zero attached hydrogens (tertiary/aromatic N) is 2. The van der Waals surface area contributed by atoms with Crippen molar-refractivity contribution < 1.29 is 71.1 Å². The van der Waals surface area contributed by atoms with Crippen LogP contribution in [0.15, 0.2) is 126 Å². The van der Waals surface area contributed by atoms with E-state index in [0.29, 0.717) is 19.3 Å². The molecule has 19 nitrogen and oxygen atoms in total. The molecule has 75 heavy (non-hydrogen) atoms. The largest absolute Gasteiger partial charge is 0.481 e. The van der Waals surface area contributed by atoms with E-state index in [1.807, 2.05) is 12.2 Å². The molecule has 1 aliphatic heterocycles. The average Bonchev–Trinajstić information content (AvgIpc) is 3.64. The molecule has 2 rings (SSSR count). The Bertz CT molecular complexity index is 2250. The molecular formula is C54H81N3O16P2. The Hall–Kier alpha value is -4.91. The maximum absolute atomic E-state index is 12.9. The minimum atomic E-state index is -5.49. The average molecular weight is 1090 g/mol. The van der Waals surface area contributed by atoms with Crippen molar-refractivity contribution in [2.75, 3.05) is 25.6 Å². The second kappa shape index (κ2) is 40.4. The van der Waals surface area contributed by atoms with Gasteiger partial charge in [0.25, 0.3) is 0 Å². The lowest BCUT2D eigenvalue weighted by atomic mass is 10.1. The molecule has 0 aromatic carbocycles. The number of carbonyl (C=O) groups is 3. The molecule has 21 heteroatoms. The molecule has 418 valence electrons. The number of rotatable bonds is 41. The third kappa shape index (κ3) is 33.0. The van der Waals surface area contributed by atoms with Crippen LogP contribution in [-0.4, -0.2) is 91.5 Å². The first-order valence-corrected chi connectivity index (χ1v) is 28.8. The second-order valence-corrected chi connectivity index (χ2v) is 20.4. The second-order valence-electron chi connectivity index (χ2n) is 17.3. The van der Waals surface area contributed by atoms with Crippen molar-refractivity contribution in [3.63, 3.8) is 0 Å². The van der Waals surface area contributed by atoms with Gasteiger partial charge in [0.05, 0.1) is 13.2 Å². The molecule has 1 aromatic heterocycles. The Morgan fingerprint density at radius 1 is 0.693 bits per heavy atom. The summed E-state index contributed by atoms with van der Waals surface area (Å²) in [5, 5.41) is 20.9. The van der Waals surface area contributed by atoms with E-state index in [9.17, 15) is 48.3 Å². The first-order chi connectivity index (χ1) is 36.1. The van der Waals surface area contributed by atoms with Crippen LogP contribution in [0.2, 0.25) is 0 Å². The van der Waals surface area contributed by atoms with Gasteiger partial charge in [0.2, 0.25) is 0 Å². The highest BCUT2D eigenvalue weighted by atomic mass is 31.3. The summed E-state index contributed by atoms with van der Waals surface area (Å²) < 4.78 is 56.5. The van der Waals surface area contributed by atoms with Crippen molar-refractivity contribution in [2.24, 2.45) is 0 Å². The molecule has 0 radical (unpaired) electrons. The number of ether oxygens (including phenoxy) is 3. The standard InChI is InChI=1S/C54H81N3O16P2/c1-3-5-7-9-11-13-15-17-18-19-20-21-22-24-26-28-30-32-34-38-50(60)71-46(42-68-49(59)39-35-37-45(58)36-33-31-29-27-25-23-16-14-12-10-8-6-4-2)43-69-74(64,65)73-75(66,67)70-44-47-51(61)52(62)53(72-47)57-41-40-48(55)56-54(57)63/h5,7,11-14,17-18,20-21,23-26,29,31,33,36,40-41,46-47,51-53,61-62H,3-4,6,8-10,15-16,19,22,27-28,30,32,34-35,37-39,42-44H2,1-2H3,(H,64,65)(H,66,67)(H2,55,56,63)/b7-5-,13-11-,14-12-,18-17-,21-20-,25-23-,26-24-,31-29-,36-33+/t46-,47-,51-,52-,53-/m1/s1. The molecule has 0 saturated carbocycles. The predicted molar refractivity (Wildman–Crippen MR) is 289 cm³/mol. The first-order valence-electron chi connectivity index (χ1n) is 25.9. The zero-order chi connectivity index (χ0) is 55.0. The topological polar surface area (TPSA) is 283 Å². The van der Waals surface area contributed by atoms with Gasteiger partial charge < -0.3 is 39.9 Å². The fourth-order valence-electron chi connectivity index (χ4n) is 6.82. The number of esters is 2. The van der Waals surface area contributed by atoms with Gasteiger partial charge in [-0.25, -0.2) is 13.9 Å². The number of hydrogen-bond acceptors (Lipinski definition) is 16. The summed E-state index contributed by atoms with van der Waals surface area (Å²) in [4.78, 5) is 74.3. The highest BCUT2D eigenvalue weighted by molar-refractivity contribution is 7.61. The molecule has 2 heterocycles. The number of aliphatic hydroxyl groups excluding tert-OH is 2. The predicted octanol–water partition coefficient (Wildman–Crippen LogP) is 10.2. The molecule has 6 N–H and O–H groups in total. The number of unbranched alkanes of at least 4 members (excludes halogenated alkanes) is 6. The van der Waals surface area contributed by atoms with Crippen LogP contribution in [-0.2, 0) is 51.1 Å². The summed E-state index contributed by atoms with van der Waals surface area (Å²) in [6.07, 6.45) is 43.2. The van der Waals surface area contributed by atoms with Crippen molar-refractivity contribution in [2.45, 2.75) is 166 Å². The van der Waals surface area contributed by atoms with Gasteiger partial charge in [-0.1, -0.05) is 136 Å². The summed E-state index contributed by atoms with van der Waals surface area (Å²) in [5.74, 6) is -1.82. The maximum Gasteiger partial charge on any atom is 0.481 e. The minimum absolute atomic E-state index is 0.0461. The van der Waals surface area contributed by atoms with Crippen LogP contribution in [0.3, 0.4) is 0 Å². The third-order valence-corrected chi connectivity index (χ3v) is 13.4. The third-order valence-electron chi connectivity index (χ3n) is 10.8. The molecular weight excluding hydrogens is 1010 g/mol. The van der Waals surface area contributed by atoms with Gasteiger partial charge in [0.1, 0.15) is 30.7 Å². The van der Waals surface area contributed by atoms with E-state index in [4.69, 9.17) is 29.0 Å². The molecule has 0 amide bonds. The summed E-state index contributed by atoms with van der Waals surface area (Å²) in [6.45, 7) is 1.73. The number of hydrogen-bond donors (Lipinski definition) is 5. The van der Waals surface area contributed by atoms with Crippen LogP contribution in [0, 0.1) is 0 Å². The quantitative estimate of drug-likeness (QED) is 0.0102. The van der Waals surface area contributed by atoms with Crippen molar-refractivity contribution in [3.8, 4) is 0 Å². The lowest BCUT2D eigenvalue weighted by molar-refractivity contribution is -0.161. The first kappa shape index (κ1) is 66.2. The molecule has 7 atom stereocenters. The zero-order valence-corrected chi connectivity index (χ0v) is 45.3. The van der Waals surface area contributed by atoms with E-state index in [1.165, 1.54) is 31.4 Å². The highest BCUT2D eigenvalue weighted by Gasteiger charge is 2.46. The van der Waals surface area contributed by atoms with E-state index in [0.717, 1.165) is 68.6 Å². The molecule has 0 bridgehead atoms. The van der Waals surface area contributed by atoms with Crippen LogP contribution >= 0.6 is 15.6 Å². The zero-order valence-electron chi connectivity index (χ0n) is 43.5. The number of anilines is 1. The number of phosphoric ester groups is 2. The Labute approximate surface area is 442 Å². The molecule has 0 aliphatic carbocycles. The number of nitrogens with two attached hydrogens (primary N) is 1. The molecule has 0 spiro atoms. The Kier molecular flexibility index (Phi) is 35.6. The number of aromatic nitrogens is 2. The summed E-state index contributed by atoms with van der Waals surface area (Å²) in [6, 6.07) is 1.23. The van der Waals surface area contributed by atoms with Gasteiger partial charge in [-0.2, -0.15) is 9.29 Å². The smallest absolute Gasteiger partial charge is 0.462 e. The van der Waals surface area contributed by atoms with Gasteiger partial charge in [0, 0.05) is 25.5 Å². The van der Waals surface area contributed by atoms with E-state index in [-0.39, 0.29) is 37.3 Å². The SMILES string of the molecule is CC/C=C\C/C=C\C/C=C\C/C=C\C/C=C\CCCCCC(=O)O[C@H](COC(=O)CCCC(=O)/C=C/C=C\C/C=C\C/C=C\CCCCC)COP(=O)(O)OP(=O)(O)OC[C@H]1O[C@@H](n2ccc(N)nc2=O)[C@H](O)[C@@H]1O. The van der Waals surface area contributed by atoms with E-state index < -0.39 is 83.7 Å². The van der Waals surface area contributed by atoms with Crippen molar-refractivity contribution >= 4 is 39.2 Å². The summed E-state index contributed by atoms with van der Waals surface area (Å²) in [7, 11) is -11.0. The lowest BCUT2D eigenvalue weighted by Gasteiger charge is -2.21. The normalized spacial score (nSPS) is 19.6.